The highest BCUT2D eigenvalue weighted by molar-refractivity contribution is 5.96. The van der Waals surface area contributed by atoms with Gasteiger partial charge in [-0.25, -0.2) is 0 Å². The lowest BCUT2D eigenvalue weighted by atomic mass is 10.0. The molecular weight excluding hydrogens is 250 g/mol. The zero-order valence-electron chi connectivity index (χ0n) is 13.0. The summed E-state index contributed by atoms with van der Waals surface area (Å²) >= 11 is 0. The number of morpholine rings is 1. The van der Waals surface area contributed by atoms with Crippen molar-refractivity contribution >= 4 is 5.78 Å². The Balaban J connectivity index is 1.91. The highest BCUT2D eigenvalue weighted by atomic mass is 16.5. The van der Waals surface area contributed by atoms with E-state index in [2.05, 4.69) is 24.8 Å². The van der Waals surface area contributed by atoms with Crippen molar-refractivity contribution in [1.29, 1.82) is 0 Å². The number of hydrogen-bond acceptors (Lipinski definition) is 3. The minimum Gasteiger partial charge on any atom is -0.373 e. The standard InChI is InChI=1S/C17H25NO2/c1-12-7-13(2)9-16(8-12)17(19)5-6-18-10-14(3)20-15(4)11-18/h7-9,14-15H,5-6,10-11H2,1-4H3/t14-,15+. The van der Waals surface area contributed by atoms with E-state index >= 15 is 0 Å². The third kappa shape index (κ3) is 4.15. The topological polar surface area (TPSA) is 29.5 Å². The molecule has 1 aliphatic heterocycles. The van der Waals surface area contributed by atoms with Crippen molar-refractivity contribution in [3.05, 3.63) is 34.9 Å². The van der Waals surface area contributed by atoms with Gasteiger partial charge >= 0.3 is 0 Å². The van der Waals surface area contributed by atoms with Crippen LogP contribution < -0.4 is 0 Å². The molecule has 1 fully saturated rings. The molecule has 0 aromatic heterocycles. The lowest BCUT2D eigenvalue weighted by Gasteiger charge is -2.35. The van der Waals surface area contributed by atoms with Crippen molar-refractivity contribution in [3.63, 3.8) is 0 Å². The van der Waals surface area contributed by atoms with Crippen LogP contribution in [0, 0.1) is 13.8 Å². The van der Waals surface area contributed by atoms with Crippen LogP contribution in [0.5, 0.6) is 0 Å². The number of ether oxygens (including phenoxy) is 1. The van der Waals surface area contributed by atoms with Gasteiger partial charge in [0.05, 0.1) is 12.2 Å². The zero-order valence-corrected chi connectivity index (χ0v) is 13.0. The van der Waals surface area contributed by atoms with Crippen LogP contribution >= 0.6 is 0 Å². The van der Waals surface area contributed by atoms with E-state index in [0.29, 0.717) is 6.42 Å². The Morgan fingerprint density at radius 1 is 1.15 bits per heavy atom. The smallest absolute Gasteiger partial charge is 0.164 e. The number of hydrogen-bond donors (Lipinski definition) is 0. The zero-order chi connectivity index (χ0) is 14.7. The van der Waals surface area contributed by atoms with Crippen LogP contribution in [0.3, 0.4) is 0 Å². The first-order valence-corrected chi connectivity index (χ1v) is 7.43. The Bertz CT molecular complexity index is 454. The number of benzene rings is 1. The van der Waals surface area contributed by atoms with Gasteiger partial charge in [0.1, 0.15) is 0 Å². The Morgan fingerprint density at radius 2 is 1.70 bits per heavy atom. The van der Waals surface area contributed by atoms with E-state index in [9.17, 15) is 4.79 Å². The van der Waals surface area contributed by atoms with E-state index in [0.717, 1.165) is 36.3 Å². The average Bonchev–Trinajstić information content (AvgIpc) is 2.33. The molecule has 0 aliphatic carbocycles. The summed E-state index contributed by atoms with van der Waals surface area (Å²) in [5.74, 6) is 0.239. The van der Waals surface area contributed by atoms with Crippen molar-refractivity contribution in [2.24, 2.45) is 0 Å². The molecule has 0 spiro atoms. The van der Waals surface area contributed by atoms with E-state index in [1.54, 1.807) is 0 Å². The predicted molar refractivity (Wildman–Crippen MR) is 81.3 cm³/mol. The number of nitrogens with zero attached hydrogens (tertiary/aromatic N) is 1. The summed E-state index contributed by atoms with van der Waals surface area (Å²) in [6.07, 6.45) is 1.10. The third-order valence-corrected chi connectivity index (χ3v) is 3.69. The number of ketones is 1. The highest BCUT2D eigenvalue weighted by Gasteiger charge is 2.22. The maximum absolute atomic E-state index is 12.3. The first kappa shape index (κ1) is 15.2. The summed E-state index contributed by atoms with van der Waals surface area (Å²) in [6.45, 7) is 10.9. The van der Waals surface area contributed by atoms with Crippen molar-refractivity contribution in [1.82, 2.24) is 4.90 Å². The monoisotopic (exact) mass is 275 g/mol. The van der Waals surface area contributed by atoms with Gasteiger partial charge in [0, 0.05) is 31.6 Å². The van der Waals surface area contributed by atoms with Crippen molar-refractivity contribution in [2.45, 2.75) is 46.3 Å². The summed E-state index contributed by atoms with van der Waals surface area (Å²) < 4.78 is 5.71. The van der Waals surface area contributed by atoms with E-state index in [1.165, 1.54) is 0 Å². The van der Waals surface area contributed by atoms with Crippen LogP contribution in [-0.2, 0) is 4.74 Å². The molecule has 0 bridgehead atoms. The molecule has 2 atom stereocenters. The predicted octanol–water partition coefficient (Wildman–Crippen LogP) is 2.99. The molecule has 110 valence electrons. The second kappa shape index (κ2) is 6.51. The summed E-state index contributed by atoms with van der Waals surface area (Å²) in [5.41, 5.74) is 3.15. The molecule has 1 aliphatic rings. The molecule has 1 heterocycles. The molecule has 0 amide bonds. The normalized spacial score (nSPS) is 23.8. The van der Waals surface area contributed by atoms with E-state index in [1.807, 2.05) is 26.0 Å². The number of aryl methyl sites for hydroxylation is 2. The van der Waals surface area contributed by atoms with E-state index in [4.69, 9.17) is 4.74 Å². The average molecular weight is 275 g/mol. The number of carbonyl (C=O) groups excluding carboxylic acids is 1. The minimum atomic E-state index is 0.239. The van der Waals surface area contributed by atoms with Crippen LogP contribution in [0.2, 0.25) is 0 Å². The Morgan fingerprint density at radius 3 is 2.25 bits per heavy atom. The molecule has 3 nitrogen and oxygen atoms in total. The maximum Gasteiger partial charge on any atom is 0.164 e. The van der Waals surface area contributed by atoms with Gasteiger partial charge in [-0.2, -0.15) is 0 Å². The molecule has 1 saturated heterocycles. The molecule has 3 heteroatoms. The number of Topliss-reactive ketones (excluding diaryl/α,β-unsaturated/α-hetero) is 1. The van der Waals surface area contributed by atoms with Crippen LogP contribution in [-0.4, -0.2) is 42.5 Å². The molecule has 0 N–H and O–H groups in total. The number of carbonyl (C=O) groups is 1. The molecule has 0 radical (unpaired) electrons. The molecule has 0 saturated carbocycles. The van der Waals surface area contributed by atoms with Crippen LogP contribution in [0.15, 0.2) is 18.2 Å². The van der Waals surface area contributed by atoms with Crippen LogP contribution in [0.4, 0.5) is 0 Å². The van der Waals surface area contributed by atoms with Gasteiger partial charge in [-0.1, -0.05) is 17.2 Å². The minimum absolute atomic E-state index is 0.239. The van der Waals surface area contributed by atoms with Gasteiger partial charge in [-0.05, 0) is 39.8 Å². The SMILES string of the molecule is Cc1cc(C)cc(C(=O)CCN2C[C@@H](C)O[C@@H](C)C2)c1. The third-order valence-electron chi connectivity index (χ3n) is 3.69. The second-order valence-electron chi connectivity index (χ2n) is 6.07. The Labute approximate surface area is 121 Å². The quantitative estimate of drug-likeness (QED) is 0.791. The van der Waals surface area contributed by atoms with E-state index in [-0.39, 0.29) is 18.0 Å². The Kier molecular flexibility index (Phi) is 4.95. The molecule has 20 heavy (non-hydrogen) atoms. The summed E-state index contributed by atoms with van der Waals surface area (Å²) in [6, 6.07) is 6.07. The van der Waals surface area contributed by atoms with Crippen LogP contribution in [0.25, 0.3) is 0 Å². The summed E-state index contributed by atoms with van der Waals surface area (Å²) in [5, 5.41) is 0. The fourth-order valence-electron chi connectivity index (χ4n) is 3.01. The van der Waals surface area contributed by atoms with Crippen molar-refractivity contribution in [2.75, 3.05) is 19.6 Å². The first-order valence-electron chi connectivity index (χ1n) is 7.43. The van der Waals surface area contributed by atoms with Crippen molar-refractivity contribution in [3.8, 4) is 0 Å². The summed E-state index contributed by atoms with van der Waals surface area (Å²) in [4.78, 5) is 14.6. The molecule has 1 aromatic rings. The number of rotatable bonds is 4. The molecule has 0 unspecified atom stereocenters. The van der Waals surface area contributed by atoms with Crippen LogP contribution in [0.1, 0.15) is 41.8 Å². The fraction of sp³-hybridized carbons (Fsp3) is 0.588. The largest absolute Gasteiger partial charge is 0.373 e. The van der Waals surface area contributed by atoms with Gasteiger partial charge in [-0.15, -0.1) is 0 Å². The maximum atomic E-state index is 12.3. The van der Waals surface area contributed by atoms with Gasteiger partial charge < -0.3 is 4.74 Å². The highest BCUT2D eigenvalue weighted by Crippen LogP contribution is 2.14. The van der Waals surface area contributed by atoms with Gasteiger partial charge in [-0.3, -0.25) is 9.69 Å². The first-order chi connectivity index (χ1) is 9.44. The van der Waals surface area contributed by atoms with Gasteiger partial charge in [0.15, 0.2) is 5.78 Å². The molecule has 1 aromatic carbocycles. The summed E-state index contributed by atoms with van der Waals surface area (Å²) in [7, 11) is 0. The lowest BCUT2D eigenvalue weighted by molar-refractivity contribution is -0.0675. The van der Waals surface area contributed by atoms with Gasteiger partial charge in [0.25, 0.3) is 0 Å². The second-order valence-corrected chi connectivity index (χ2v) is 6.07. The molecular formula is C17H25NO2. The molecule has 2 rings (SSSR count). The lowest BCUT2D eigenvalue weighted by Crippen LogP contribution is -2.46. The van der Waals surface area contributed by atoms with E-state index < -0.39 is 0 Å². The Hall–Kier alpha value is -1.19. The van der Waals surface area contributed by atoms with Crippen molar-refractivity contribution < 1.29 is 9.53 Å². The van der Waals surface area contributed by atoms with Gasteiger partial charge in [0.2, 0.25) is 0 Å². The fourth-order valence-corrected chi connectivity index (χ4v) is 3.01.